The zero-order chi connectivity index (χ0) is 14.2. The Hall–Kier alpha value is -2.09. The number of aliphatic imine (C=N–C) groups is 1. The van der Waals surface area contributed by atoms with Gasteiger partial charge in [0.2, 0.25) is 0 Å². The van der Waals surface area contributed by atoms with Gasteiger partial charge in [0, 0.05) is 12.3 Å². The van der Waals surface area contributed by atoms with Gasteiger partial charge in [0.15, 0.2) is 0 Å². The summed E-state index contributed by atoms with van der Waals surface area (Å²) in [5, 5.41) is 0. The van der Waals surface area contributed by atoms with Gasteiger partial charge >= 0.3 is 0 Å². The molecule has 2 heteroatoms. The lowest BCUT2D eigenvalue weighted by molar-refractivity contribution is 0.415. The Kier molecular flexibility index (Phi) is 5.36. The number of aryl methyl sites for hydroxylation is 1. The number of unbranched alkanes of at least 4 members (excludes halogenated alkanes) is 1. The molecule has 0 bridgehead atoms. The van der Waals surface area contributed by atoms with E-state index in [0.29, 0.717) is 0 Å². The van der Waals surface area contributed by atoms with Gasteiger partial charge in [-0.1, -0.05) is 19.4 Å². The standard InChI is InChI=1S/C18H20NO/c1-3-4-5-15-6-10-17(11-7-15)19-14-16-8-12-18(20-2)13-9-16/h6-10,12-14H,3-5H2,1-2H3/b19-14+. The second kappa shape index (κ2) is 7.49. The van der Waals surface area contributed by atoms with Crippen LogP contribution in [0.5, 0.6) is 5.75 Å². The molecule has 0 heterocycles. The first-order valence-electron chi connectivity index (χ1n) is 7.00. The molecule has 0 aromatic heterocycles. The molecule has 0 atom stereocenters. The molecule has 0 unspecified atom stereocenters. The van der Waals surface area contributed by atoms with Crippen molar-refractivity contribution in [1.29, 1.82) is 0 Å². The number of methoxy groups -OCH3 is 1. The molecule has 0 aliphatic carbocycles. The van der Waals surface area contributed by atoms with Gasteiger partial charge in [0.25, 0.3) is 0 Å². The first kappa shape index (κ1) is 14.3. The molecule has 0 amide bonds. The maximum absolute atomic E-state index is 5.13. The van der Waals surface area contributed by atoms with Gasteiger partial charge in [-0.15, -0.1) is 0 Å². The van der Waals surface area contributed by atoms with Crippen molar-refractivity contribution in [2.75, 3.05) is 7.11 Å². The highest BCUT2D eigenvalue weighted by Gasteiger charge is 1.94. The van der Waals surface area contributed by atoms with E-state index in [2.05, 4.69) is 24.0 Å². The van der Waals surface area contributed by atoms with Crippen molar-refractivity contribution < 1.29 is 4.74 Å². The summed E-state index contributed by atoms with van der Waals surface area (Å²) in [5.74, 6) is 0.856. The van der Waals surface area contributed by atoms with Gasteiger partial charge in [-0.2, -0.15) is 0 Å². The third kappa shape index (κ3) is 4.23. The summed E-state index contributed by atoms with van der Waals surface area (Å²) in [4.78, 5) is 4.43. The molecule has 2 nitrogen and oxygen atoms in total. The lowest BCUT2D eigenvalue weighted by atomic mass is 10.1. The third-order valence-electron chi connectivity index (χ3n) is 3.15. The van der Waals surface area contributed by atoms with Crippen LogP contribution >= 0.6 is 0 Å². The van der Waals surface area contributed by atoms with Crippen LogP contribution in [-0.2, 0) is 6.42 Å². The second-order valence-electron chi connectivity index (χ2n) is 4.72. The number of benzene rings is 2. The Morgan fingerprint density at radius 3 is 2.55 bits per heavy atom. The minimum atomic E-state index is 0.856. The summed E-state index contributed by atoms with van der Waals surface area (Å²) in [7, 11) is 1.66. The van der Waals surface area contributed by atoms with E-state index < -0.39 is 0 Å². The summed E-state index contributed by atoms with van der Waals surface area (Å²) in [6, 6.07) is 17.2. The monoisotopic (exact) mass is 266 g/mol. The number of rotatable bonds is 6. The molecular weight excluding hydrogens is 246 g/mol. The van der Waals surface area contributed by atoms with Crippen molar-refractivity contribution in [2.24, 2.45) is 4.99 Å². The maximum Gasteiger partial charge on any atom is 0.118 e. The van der Waals surface area contributed by atoms with Crippen molar-refractivity contribution in [1.82, 2.24) is 0 Å². The van der Waals surface area contributed by atoms with E-state index in [1.54, 1.807) is 7.11 Å². The smallest absolute Gasteiger partial charge is 0.118 e. The van der Waals surface area contributed by atoms with Crippen molar-refractivity contribution in [3.8, 4) is 5.75 Å². The summed E-state index contributed by atoms with van der Waals surface area (Å²) in [6.07, 6.45) is 5.41. The SMILES string of the molecule is CCCCc1c[c]c(/N=C/c2ccc(OC)cc2)cc1. The predicted molar refractivity (Wildman–Crippen MR) is 84.1 cm³/mol. The first-order valence-corrected chi connectivity index (χ1v) is 7.00. The third-order valence-corrected chi connectivity index (χ3v) is 3.15. The largest absolute Gasteiger partial charge is 0.497 e. The molecule has 0 spiro atoms. The minimum Gasteiger partial charge on any atom is -0.497 e. The molecule has 0 aliphatic rings. The Bertz CT molecular complexity index is 541. The highest BCUT2D eigenvalue weighted by atomic mass is 16.5. The van der Waals surface area contributed by atoms with Crippen molar-refractivity contribution in [3.63, 3.8) is 0 Å². The van der Waals surface area contributed by atoms with Crippen LogP contribution in [0.15, 0.2) is 47.5 Å². The van der Waals surface area contributed by atoms with E-state index in [9.17, 15) is 0 Å². The van der Waals surface area contributed by atoms with Gasteiger partial charge in [0.05, 0.1) is 12.8 Å². The Morgan fingerprint density at radius 1 is 1.15 bits per heavy atom. The molecule has 0 aliphatic heterocycles. The Balaban J connectivity index is 1.99. The topological polar surface area (TPSA) is 21.6 Å². The van der Waals surface area contributed by atoms with E-state index in [4.69, 9.17) is 4.74 Å². The van der Waals surface area contributed by atoms with Gasteiger partial charge < -0.3 is 4.74 Å². The van der Waals surface area contributed by atoms with Gasteiger partial charge in [-0.3, -0.25) is 4.99 Å². The first-order chi connectivity index (χ1) is 9.81. The number of nitrogens with zero attached hydrogens (tertiary/aromatic N) is 1. The summed E-state index contributed by atoms with van der Waals surface area (Å²) < 4.78 is 5.13. The van der Waals surface area contributed by atoms with Crippen LogP contribution in [0.25, 0.3) is 0 Å². The van der Waals surface area contributed by atoms with Crippen LogP contribution in [-0.4, -0.2) is 13.3 Å². The van der Waals surface area contributed by atoms with Gasteiger partial charge in [-0.25, -0.2) is 0 Å². The van der Waals surface area contributed by atoms with E-state index >= 15 is 0 Å². The Morgan fingerprint density at radius 2 is 1.95 bits per heavy atom. The summed E-state index contributed by atoms with van der Waals surface area (Å²) >= 11 is 0. The lowest BCUT2D eigenvalue weighted by Gasteiger charge is -2.00. The number of ether oxygens (including phenoxy) is 1. The number of hydrogen-bond acceptors (Lipinski definition) is 2. The molecule has 0 fully saturated rings. The molecule has 0 saturated carbocycles. The fourth-order valence-corrected chi connectivity index (χ4v) is 1.90. The summed E-state index contributed by atoms with van der Waals surface area (Å²) in [5.41, 5.74) is 3.24. The van der Waals surface area contributed by atoms with Gasteiger partial charge in [-0.05, 0) is 60.4 Å². The highest BCUT2D eigenvalue weighted by molar-refractivity contribution is 5.82. The van der Waals surface area contributed by atoms with Crippen LogP contribution in [0.3, 0.4) is 0 Å². The molecule has 0 N–H and O–H groups in total. The zero-order valence-corrected chi connectivity index (χ0v) is 12.1. The molecular formula is C18H20NO. The van der Waals surface area contributed by atoms with Crippen LogP contribution in [0.1, 0.15) is 30.9 Å². The fourth-order valence-electron chi connectivity index (χ4n) is 1.90. The van der Waals surface area contributed by atoms with Crippen LogP contribution in [0.4, 0.5) is 5.69 Å². The molecule has 2 rings (SSSR count). The molecule has 1 radical (unpaired) electrons. The average Bonchev–Trinajstić information content (AvgIpc) is 2.52. The van der Waals surface area contributed by atoms with E-state index in [0.717, 1.165) is 23.4 Å². The molecule has 103 valence electrons. The van der Waals surface area contributed by atoms with Crippen molar-refractivity contribution in [3.05, 3.63) is 59.7 Å². The molecule has 0 saturated heterocycles. The average molecular weight is 266 g/mol. The highest BCUT2D eigenvalue weighted by Crippen LogP contribution is 2.15. The van der Waals surface area contributed by atoms with Gasteiger partial charge in [0.1, 0.15) is 5.75 Å². The quantitative estimate of drug-likeness (QED) is 0.701. The molecule has 2 aromatic carbocycles. The second-order valence-corrected chi connectivity index (χ2v) is 4.72. The van der Waals surface area contributed by atoms with Crippen molar-refractivity contribution >= 4 is 11.9 Å². The summed E-state index contributed by atoms with van der Waals surface area (Å²) in [6.45, 7) is 2.21. The molecule has 20 heavy (non-hydrogen) atoms. The van der Waals surface area contributed by atoms with E-state index in [1.165, 1.54) is 18.4 Å². The fraction of sp³-hybridized carbons (Fsp3) is 0.278. The zero-order valence-electron chi connectivity index (χ0n) is 12.1. The molecule has 2 aromatic rings. The minimum absolute atomic E-state index is 0.856. The van der Waals surface area contributed by atoms with E-state index in [-0.39, 0.29) is 0 Å². The normalized spacial score (nSPS) is 10.9. The number of hydrogen-bond donors (Lipinski definition) is 0. The predicted octanol–water partition coefficient (Wildman–Crippen LogP) is 4.59. The van der Waals surface area contributed by atoms with Crippen LogP contribution in [0, 0.1) is 6.07 Å². The van der Waals surface area contributed by atoms with E-state index in [1.807, 2.05) is 42.6 Å². The Labute approximate surface area is 121 Å². The lowest BCUT2D eigenvalue weighted by Crippen LogP contribution is -1.85. The maximum atomic E-state index is 5.13. The van der Waals surface area contributed by atoms with Crippen LogP contribution in [0.2, 0.25) is 0 Å². The van der Waals surface area contributed by atoms with Crippen molar-refractivity contribution in [2.45, 2.75) is 26.2 Å². The van der Waals surface area contributed by atoms with Crippen LogP contribution < -0.4 is 4.74 Å².